The van der Waals surface area contributed by atoms with Crippen LogP contribution in [0.3, 0.4) is 0 Å². The standard InChI is InChI=1S/C23H22FNO4/c1-14-6-11-17-18(12-14)23(28)25(22(17)27)19-4-2-3-5-21(19)29-13-20(26)15-7-9-16(24)10-8-15/h2-5,7-10,14,17-18H,6,11-13H2,1H3/t14-,17-,18-/m1/s1. The molecule has 1 heterocycles. The van der Waals surface area contributed by atoms with E-state index < -0.39 is 5.82 Å². The summed E-state index contributed by atoms with van der Waals surface area (Å²) in [5.74, 6) is -0.937. The summed E-state index contributed by atoms with van der Waals surface area (Å²) in [5.41, 5.74) is 0.702. The minimum absolute atomic E-state index is 0.187. The third-order valence-electron chi connectivity index (χ3n) is 5.82. The maximum atomic E-state index is 13.0. The van der Waals surface area contributed by atoms with Crippen molar-refractivity contribution in [3.05, 3.63) is 59.9 Å². The predicted octanol–water partition coefficient (Wildman–Crippen LogP) is 4.01. The number of carbonyl (C=O) groups excluding carboxylic acids is 3. The van der Waals surface area contributed by atoms with Crippen molar-refractivity contribution in [3.8, 4) is 5.75 Å². The van der Waals surface area contributed by atoms with Gasteiger partial charge in [0.05, 0.1) is 17.5 Å². The molecule has 2 aliphatic rings. The van der Waals surface area contributed by atoms with E-state index in [2.05, 4.69) is 6.92 Å². The van der Waals surface area contributed by atoms with E-state index in [1.165, 1.54) is 29.2 Å². The molecule has 2 amide bonds. The molecule has 2 aromatic carbocycles. The minimum atomic E-state index is -0.422. The van der Waals surface area contributed by atoms with Gasteiger partial charge in [-0.3, -0.25) is 14.4 Å². The first kappa shape index (κ1) is 19.3. The van der Waals surface area contributed by atoms with Crippen molar-refractivity contribution in [1.82, 2.24) is 0 Å². The molecule has 1 aliphatic heterocycles. The largest absolute Gasteiger partial charge is 0.483 e. The fourth-order valence-electron chi connectivity index (χ4n) is 4.25. The topological polar surface area (TPSA) is 63.7 Å². The van der Waals surface area contributed by atoms with Crippen LogP contribution in [0, 0.1) is 23.6 Å². The molecule has 1 aliphatic carbocycles. The summed E-state index contributed by atoms with van der Waals surface area (Å²) in [7, 11) is 0. The molecule has 6 heteroatoms. The lowest BCUT2D eigenvalue weighted by Gasteiger charge is -2.25. The number of hydrogen-bond donors (Lipinski definition) is 0. The molecule has 0 radical (unpaired) electrons. The third-order valence-corrected chi connectivity index (χ3v) is 5.82. The Labute approximate surface area is 168 Å². The van der Waals surface area contributed by atoms with Crippen molar-refractivity contribution >= 4 is 23.3 Å². The fourth-order valence-corrected chi connectivity index (χ4v) is 4.25. The predicted molar refractivity (Wildman–Crippen MR) is 105 cm³/mol. The van der Waals surface area contributed by atoms with Crippen molar-refractivity contribution in [2.24, 2.45) is 17.8 Å². The molecule has 0 N–H and O–H groups in total. The SMILES string of the molecule is C[C@@H]1CC[C@H]2C(=O)N(c3ccccc3OCC(=O)c3ccc(F)cc3)C(=O)[C@@H]2C1. The molecule has 1 saturated heterocycles. The van der Waals surface area contributed by atoms with Crippen LogP contribution in [0.25, 0.3) is 0 Å². The highest BCUT2D eigenvalue weighted by Gasteiger charge is 2.50. The van der Waals surface area contributed by atoms with Crippen LogP contribution in [0.1, 0.15) is 36.5 Å². The van der Waals surface area contributed by atoms with Gasteiger partial charge in [0.2, 0.25) is 11.8 Å². The summed E-state index contributed by atoms with van der Waals surface area (Å²) < 4.78 is 18.7. The first-order chi connectivity index (χ1) is 14.0. The van der Waals surface area contributed by atoms with Crippen LogP contribution in [0.15, 0.2) is 48.5 Å². The Morgan fingerprint density at radius 2 is 1.72 bits per heavy atom. The van der Waals surface area contributed by atoms with Crippen LogP contribution in [0.5, 0.6) is 5.75 Å². The van der Waals surface area contributed by atoms with Crippen LogP contribution in [0.4, 0.5) is 10.1 Å². The number of fused-ring (bicyclic) bond motifs is 1. The molecule has 1 saturated carbocycles. The number of amides is 2. The van der Waals surface area contributed by atoms with Gasteiger partial charge in [-0.2, -0.15) is 0 Å². The van der Waals surface area contributed by atoms with Gasteiger partial charge in [0, 0.05) is 5.56 Å². The van der Waals surface area contributed by atoms with Gasteiger partial charge in [-0.05, 0) is 61.6 Å². The summed E-state index contributed by atoms with van der Waals surface area (Å²) in [5, 5.41) is 0. The molecule has 0 aromatic heterocycles. The number of anilines is 1. The quantitative estimate of drug-likeness (QED) is 0.567. The molecule has 0 spiro atoms. The highest BCUT2D eigenvalue weighted by atomic mass is 19.1. The number of hydrogen-bond acceptors (Lipinski definition) is 4. The second-order valence-corrected chi connectivity index (χ2v) is 7.83. The number of benzene rings is 2. The second kappa shape index (κ2) is 7.78. The first-order valence-corrected chi connectivity index (χ1v) is 9.84. The Morgan fingerprint density at radius 3 is 2.48 bits per heavy atom. The summed E-state index contributed by atoms with van der Waals surface area (Å²) in [6.45, 7) is 1.83. The normalized spacial score (nSPS) is 23.8. The van der Waals surface area contributed by atoms with E-state index in [0.29, 0.717) is 22.9 Å². The molecule has 29 heavy (non-hydrogen) atoms. The number of imide groups is 1. The number of para-hydroxylation sites is 2. The lowest BCUT2D eigenvalue weighted by molar-refractivity contribution is -0.122. The van der Waals surface area contributed by atoms with E-state index in [-0.39, 0.29) is 36.0 Å². The number of ketones is 1. The average molecular weight is 395 g/mol. The van der Waals surface area contributed by atoms with Gasteiger partial charge in [0.1, 0.15) is 11.6 Å². The Balaban J connectivity index is 1.54. The molecule has 4 rings (SSSR count). The lowest BCUT2D eigenvalue weighted by atomic mass is 9.76. The zero-order chi connectivity index (χ0) is 20.5. The first-order valence-electron chi connectivity index (χ1n) is 9.84. The second-order valence-electron chi connectivity index (χ2n) is 7.83. The van der Waals surface area contributed by atoms with Crippen LogP contribution in [0.2, 0.25) is 0 Å². The van der Waals surface area contributed by atoms with Crippen LogP contribution in [-0.2, 0) is 9.59 Å². The van der Waals surface area contributed by atoms with Crippen molar-refractivity contribution < 1.29 is 23.5 Å². The molecule has 5 nitrogen and oxygen atoms in total. The van der Waals surface area contributed by atoms with Gasteiger partial charge in [-0.15, -0.1) is 0 Å². The van der Waals surface area contributed by atoms with Crippen molar-refractivity contribution in [2.75, 3.05) is 11.5 Å². The molecule has 0 bridgehead atoms. The molecule has 3 atom stereocenters. The highest BCUT2D eigenvalue weighted by Crippen LogP contribution is 2.44. The number of rotatable bonds is 5. The van der Waals surface area contributed by atoms with E-state index in [4.69, 9.17) is 4.74 Å². The van der Waals surface area contributed by atoms with Crippen molar-refractivity contribution in [1.29, 1.82) is 0 Å². The molecule has 150 valence electrons. The van der Waals surface area contributed by atoms with Crippen LogP contribution in [-0.4, -0.2) is 24.2 Å². The number of halogens is 1. The number of ether oxygens (including phenoxy) is 1. The lowest BCUT2D eigenvalue weighted by Crippen LogP contribution is -2.31. The van der Waals surface area contributed by atoms with E-state index in [0.717, 1.165) is 19.3 Å². The number of nitrogens with zero attached hydrogens (tertiary/aromatic N) is 1. The van der Waals surface area contributed by atoms with E-state index >= 15 is 0 Å². The zero-order valence-corrected chi connectivity index (χ0v) is 16.1. The van der Waals surface area contributed by atoms with Crippen molar-refractivity contribution in [2.45, 2.75) is 26.2 Å². The molecule has 0 unspecified atom stereocenters. The maximum Gasteiger partial charge on any atom is 0.237 e. The Bertz CT molecular complexity index is 956. The average Bonchev–Trinajstić information content (AvgIpc) is 2.96. The Hall–Kier alpha value is -3.02. The Kier molecular flexibility index (Phi) is 5.18. The Morgan fingerprint density at radius 1 is 1.03 bits per heavy atom. The molecule has 2 fully saturated rings. The molecule has 2 aromatic rings. The number of carbonyl (C=O) groups is 3. The molecular formula is C23H22FNO4. The van der Waals surface area contributed by atoms with Gasteiger partial charge in [-0.1, -0.05) is 19.1 Å². The summed E-state index contributed by atoms with van der Waals surface area (Å²) in [4.78, 5) is 39.5. The van der Waals surface area contributed by atoms with E-state index in [1.54, 1.807) is 24.3 Å². The fraction of sp³-hybridized carbons (Fsp3) is 0.348. The van der Waals surface area contributed by atoms with Gasteiger partial charge in [0.25, 0.3) is 0 Å². The zero-order valence-electron chi connectivity index (χ0n) is 16.1. The monoisotopic (exact) mass is 395 g/mol. The van der Waals surface area contributed by atoms with Crippen LogP contribution >= 0.6 is 0 Å². The smallest absolute Gasteiger partial charge is 0.237 e. The van der Waals surface area contributed by atoms with Crippen molar-refractivity contribution in [3.63, 3.8) is 0 Å². The van der Waals surface area contributed by atoms with Gasteiger partial charge in [0.15, 0.2) is 12.4 Å². The maximum absolute atomic E-state index is 13.0. The highest BCUT2D eigenvalue weighted by molar-refractivity contribution is 6.22. The van der Waals surface area contributed by atoms with Crippen LogP contribution < -0.4 is 9.64 Å². The van der Waals surface area contributed by atoms with Gasteiger partial charge >= 0.3 is 0 Å². The summed E-state index contributed by atoms with van der Waals surface area (Å²) >= 11 is 0. The molecular weight excluding hydrogens is 373 g/mol. The van der Waals surface area contributed by atoms with E-state index in [9.17, 15) is 18.8 Å². The van der Waals surface area contributed by atoms with Gasteiger partial charge in [-0.25, -0.2) is 9.29 Å². The minimum Gasteiger partial charge on any atom is -0.483 e. The summed E-state index contributed by atoms with van der Waals surface area (Å²) in [6.07, 6.45) is 2.38. The third kappa shape index (κ3) is 3.67. The number of Topliss-reactive ketones (excluding diaryl/α,β-unsaturated/α-hetero) is 1. The van der Waals surface area contributed by atoms with Gasteiger partial charge < -0.3 is 4.74 Å². The van der Waals surface area contributed by atoms with E-state index in [1.807, 2.05) is 0 Å². The summed E-state index contributed by atoms with van der Waals surface area (Å²) in [6, 6.07) is 12.0.